The summed E-state index contributed by atoms with van der Waals surface area (Å²) in [5, 5.41) is 7.43. The number of hydrogen-bond donors (Lipinski definition) is 0. The number of fused-ring (bicyclic) bond motifs is 1. The van der Waals surface area contributed by atoms with Crippen molar-refractivity contribution in [2.24, 2.45) is 13.0 Å². The molecule has 0 bridgehead atoms. The Morgan fingerprint density at radius 3 is 3.19 bits per heavy atom. The standard InChI is InChI=1S/C15H20N4OS/c1-18-8-11(7-17-18)9-19-4-2-12-6-13(20-14(12)10-19)15-16-3-5-21-15/h3,5,7-8,12-14H,2,4,6,9-10H2,1H3/t12-,13-,14+/m1/s1. The normalized spacial score (nSPS) is 29.7. The highest BCUT2D eigenvalue weighted by atomic mass is 32.1. The Morgan fingerprint density at radius 1 is 1.48 bits per heavy atom. The lowest BCUT2D eigenvalue weighted by molar-refractivity contribution is -0.00939. The van der Waals surface area contributed by atoms with E-state index in [0.29, 0.717) is 12.0 Å². The second-order valence-corrected chi connectivity index (χ2v) is 7.00. The summed E-state index contributed by atoms with van der Waals surface area (Å²) in [7, 11) is 1.97. The fourth-order valence-electron chi connectivity index (χ4n) is 3.50. The average Bonchev–Trinajstić information content (AvgIpc) is 3.18. The zero-order chi connectivity index (χ0) is 14.2. The van der Waals surface area contributed by atoms with Crippen LogP contribution in [-0.4, -0.2) is 38.9 Å². The second-order valence-electron chi connectivity index (χ2n) is 6.08. The summed E-state index contributed by atoms with van der Waals surface area (Å²) in [6, 6.07) is 0. The largest absolute Gasteiger partial charge is 0.366 e. The van der Waals surface area contributed by atoms with Gasteiger partial charge in [-0.05, 0) is 25.3 Å². The van der Waals surface area contributed by atoms with Crippen molar-refractivity contribution in [2.45, 2.75) is 31.6 Å². The number of piperidine rings is 1. The van der Waals surface area contributed by atoms with Gasteiger partial charge in [0, 0.05) is 43.5 Å². The number of aromatic nitrogens is 3. The smallest absolute Gasteiger partial charge is 0.121 e. The summed E-state index contributed by atoms with van der Waals surface area (Å²) in [5.74, 6) is 0.698. The molecular weight excluding hydrogens is 284 g/mol. The Hall–Kier alpha value is -1.24. The van der Waals surface area contributed by atoms with Gasteiger partial charge in [0.1, 0.15) is 11.1 Å². The van der Waals surface area contributed by atoms with Crippen LogP contribution in [0.2, 0.25) is 0 Å². The first-order valence-electron chi connectivity index (χ1n) is 7.52. The molecule has 2 aromatic rings. The number of hydrogen-bond acceptors (Lipinski definition) is 5. The van der Waals surface area contributed by atoms with Gasteiger partial charge in [-0.15, -0.1) is 11.3 Å². The SMILES string of the molecule is Cn1cc(CN2CC[C@@H]3C[C@H](c4nccs4)O[C@H]3C2)cn1. The fourth-order valence-corrected chi connectivity index (χ4v) is 4.19. The maximum absolute atomic E-state index is 6.27. The molecule has 0 aromatic carbocycles. The molecule has 2 aromatic heterocycles. The molecule has 0 saturated carbocycles. The molecule has 112 valence electrons. The van der Waals surface area contributed by atoms with Gasteiger partial charge in [0.25, 0.3) is 0 Å². The van der Waals surface area contributed by atoms with E-state index in [2.05, 4.69) is 21.2 Å². The quantitative estimate of drug-likeness (QED) is 0.872. The molecule has 5 nitrogen and oxygen atoms in total. The van der Waals surface area contributed by atoms with Crippen LogP contribution in [0.25, 0.3) is 0 Å². The van der Waals surface area contributed by atoms with E-state index in [1.54, 1.807) is 11.3 Å². The average molecular weight is 304 g/mol. The molecule has 0 aliphatic carbocycles. The topological polar surface area (TPSA) is 43.2 Å². The predicted molar refractivity (Wildman–Crippen MR) is 80.9 cm³/mol. The molecule has 4 rings (SSSR count). The van der Waals surface area contributed by atoms with Gasteiger partial charge >= 0.3 is 0 Å². The third kappa shape index (κ3) is 2.75. The number of ether oxygens (including phenoxy) is 1. The van der Waals surface area contributed by atoms with Crippen LogP contribution in [0.3, 0.4) is 0 Å². The summed E-state index contributed by atoms with van der Waals surface area (Å²) in [6.07, 6.45) is 8.88. The molecule has 0 unspecified atom stereocenters. The summed E-state index contributed by atoms with van der Waals surface area (Å²) in [5.41, 5.74) is 1.28. The van der Waals surface area contributed by atoms with Crippen molar-refractivity contribution in [3.05, 3.63) is 34.5 Å². The third-order valence-corrected chi connectivity index (χ3v) is 5.39. The van der Waals surface area contributed by atoms with E-state index in [0.717, 1.165) is 31.1 Å². The van der Waals surface area contributed by atoms with Crippen molar-refractivity contribution in [1.82, 2.24) is 19.7 Å². The molecule has 21 heavy (non-hydrogen) atoms. The Morgan fingerprint density at radius 2 is 2.43 bits per heavy atom. The second kappa shape index (κ2) is 5.51. The van der Waals surface area contributed by atoms with E-state index in [1.807, 2.05) is 29.5 Å². The first-order valence-corrected chi connectivity index (χ1v) is 8.40. The number of aryl methyl sites for hydroxylation is 1. The van der Waals surface area contributed by atoms with Gasteiger partial charge in [-0.25, -0.2) is 4.98 Å². The molecule has 2 saturated heterocycles. The lowest BCUT2D eigenvalue weighted by Gasteiger charge is -2.33. The van der Waals surface area contributed by atoms with Crippen LogP contribution in [0.1, 0.15) is 29.5 Å². The minimum atomic E-state index is 0.221. The van der Waals surface area contributed by atoms with E-state index in [4.69, 9.17) is 4.74 Å². The van der Waals surface area contributed by atoms with Crippen LogP contribution in [0.5, 0.6) is 0 Å². The van der Waals surface area contributed by atoms with Gasteiger partial charge in [0.05, 0.1) is 12.3 Å². The molecule has 2 aliphatic heterocycles. The molecule has 6 heteroatoms. The molecule has 0 N–H and O–H groups in total. The van der Waals surface area contributed by atoms with Crippen LogP contribution >= 0.6 is 11.3 Å². The van der Waals surface area contributed by atoms with Gasteiger partial charge in [-0.1, -0.05) is 0 Å². The van der Waals surface area contributed by atoms with Crippen LogP contribution in [0, 0.1) is 5.92 Å². The van der Waals surface area contributed by atoms with E-state index in [-0.39, 0.29) is 6.10 Å². The van der Waals surface area contributed by atoms with E-state index in [1.165, 1.54) is 12.0 Å². The van der Waals surface area contributed by atoms with Crippen LogP contribution in [0.4, 0.5) is 0 Å². The van der Waals surface area contributed by atoms with E-state index >= 15 is 0 Å². The van der Waals surface area contributed by atoms with Gasteiger partial charge < -0.3 is 4.74 Å². The lowest BCUT2D eigenvalue weighted by atomic mass is 9.92. The highest BCUT2D eigenvalue weighted by Gasteiger charge is 2.40. The molecular formula is C15H20N4OS. The summed E-state index contributed by atoms with van der Waals surface area (Å²) in [6.45, 7) is 3.16. The van der Waals surface area contributed by atoms with Crippen molar-refractivity contribution < 1.29 is 4.74 Å². The number of nitrogens with zero attached hydrogens (tertiary/aromatic N) is 4. The Labute approximate surface area is 128 Å². The number of likely N-dealkylation sites (tertiary alicyclic amines) is 1. The monoisotopic (exact) mass is 304 g/mol. The minimum absolute atomic E-state index is 0.221. The van der Waals surface area contributed by atoms with Crippen molar-refractivity contribution in [1.29, 1.82) is 0 Å². The highest BCUT2D eigenvalue weighted by molar-refractivity contribution is 7.09. The molecule has 4 heterocycles. The molecule has 0 radical (unpaired) electrons. The Kier molecular flexibility index (Phi) is 3.52. The van der Waals surface area contributed by atoms with Crippen LogP contribution in [-0.2, 0) is 18.3 Å². The first-order chi connectivity index (χ1) is 10.3. The summed E-state index contributed by atoms with van der Waals surface area (Å²) >= 11 is 1.71. The van der Waals surface area contributed by atoms with E-state index in [9.17, 15) is 0 Å². The van der Waals surface area contributed by atoms with Gasteiger partial charge in [0.15, 0.2) is 0 Å². The minimum Gasteiger partial charge on any atom is -0.366 e. The van der Waals surface area contributed by atoms with Crippen molar-refractivity contribution in [3.8, 4) is 0 Å². The maximum Gasteiger partial charge on any atom is 0.121 e. The zero-order valence-corrected chi connectivity index (χ0v) is 13.0. The maximum atomic E-state index is 6.27. The third-order valence-electron chi connectivity index (χ3n) is 4.53. The number of rotatable bonds is 3. The van der Waals surface area contributed by atoms with Crippen LogP contribution < -0.4 is 0 Å². The van der Waals surface area contributed by atoms with E-state index < -0.39 is 0 Å². The summed E-state index contributed by atoms with van der Waals surface area (Å²) in [4.78, 5) is 6.90. The molecule has 2 fully saturated rings. The first kappa shape index (κ1) is 13.4. The Balaban J connectivity index is 1.39. The van der Waals surface area contributed by atoms with Gasteiger partial charge in [0.2, 0.25) is 0 Å². The number of thiazole rings is 1. The van der Waals surface area contributed by atoms with Crippen LogP contribution in [0.15, 0.2) is 24.0 Å². The van der Waals surface area contributed by atoms with Crippen molar-refractivity contribution in [2.75, 3.05) is 13.1 Å². The predicted octanol–water partition coefficient (Wildman–Crippen LogP) is 2.23. The highest BCUT2D eigenvalue weighted by Crippen LogP contribution is 2.41. The molecule has 0 amide bonds. The van der Waals surface area contributed by atoms with Gasteiger partial charge in [-0.2, -0.15) is 5.10 Å². The van der Waals surface area contributed by atoms with Crippen molar-refractivity contribution in [3.63, 3.8) is 0 Å². The lowest BCUT2D eigenvalue weighted by Crippen LogP contribution is -2.41. The van der Waals surface area contributed by atoms with Gasteiger partial charge in [-0.3, -0.25) is 9.58 Å². The van der Waals surface area contributed by atoms with Crippen molar-refractivity contribution >= 4 is 11.3 Å². The summed E-state index contributed by atoms with van der Waals surface area (Å²) < 4.78 is 8.14. The molecule has 0 spiro atoms. The molecule has 3 atom stereocenters. The zero-order valence-electron chi connectivity index (χ0n) is 12.2. The fraction of sp³-hybridized carbons (Fsp3) is 0.600. The molecule has 2 aliphatic rings. The Bertz CT molecular complexity index is 597.